The first-order chi connectivity index (χ1) is 10.3. The Hall–Kier alpha value is -2.54. The molecule has 1 heteroatoms. The van der Waals surface area contributed by atoms with E-state index in [2.05, 4.69) is 103 Å². The molecule has 21 heavy (non-hydrogen) atoms. The number of nitrogens with zero attached hydrogens (tertiary/aromatic N) is 1. The van der Waals surface area contributed by atoms with Crippen molar-refractivity contribution >= 4 is 0 Å². The maximum Gasteiger partial charge on any atom is 0.0833 e. The molecule has 0 fully saturated rings. The van der Waals surface area contributed by atoms with Crippen molar-refractivity contribution in [2.45, 2.75) is 13.0 Å². The van der Waals surface area contributed by atoms with Crippen molar-refractivity contribution in [2.75, 3.05) is 0 Å². The maximum atomic E-state index is 2.28. The van der Waals surface area contributed by atoms with Gasteiger partial charge >= 0.3 is 0 Å². The van der Waals surface area contributed by atoms with Crippen LogP contribution in [0.4, 0.5) is 0 Å². The molecule has 0 amide bonds. The van der Waals surface area contributed by atoms with Gasteiger partial charge in [-0.1, -0.05) is 72.8 Å². The zero-order valence-corrected chi connectivity index (χ0v) is 12.2. The van der Waals surface area contributed by atoms with Crippen molar-refractivity contribution in [3.05, 3.63) is 108 Å². The van der Waals surface area contributed by atoms with Crippen molar-refractivity contribution in [3.8, 4) is 0 Å². The second kappa shape index (κ2) is 6.27. The van der Waals surface area contributed by atoms with E-state index in [0.29, 0.717) is 0 Å². The van der Waals surface area contributed by atoms with Gasteiger partial charge in [-0.05, 0) is 29.7 Å². The fraction of sp³-hybridized carbons (Fsp3) is 0.100. The van der Waals surface area contributed by atoms with Crippen LogP contribution in [0.5, 0.6) is 0 Å². The van der Waals surface area contributed by atoms with Crippen molar-refractivity contribution in [2.24, 2.45) is 0 Å². The summed E-state index contributed by atoms with van der Waals surface area (Å²) in [6.07, 6.45) is 10.6. The minimum Gasteiger partial charge on any atom is -0.343 e. The molecule has 0 spiro atoms. The summed E-state index contributed by atoms with van der Waals surface area (Å²) in [5.41, 5.74) is 3.83. The summed E-state index contributed by atoms with van der Waals surface area (Å²) in [6.45, 7) is 2.13. The van der Waals surface area contributed by atoms with Gasteiger partial charge in [0, 0.05) is 12.4 Å². The van der Waals surface area contributed by atoms with Crippen LogP contribution in [0.1, 0.15) is 24.1 Å². The molecule has 0 unspecified atom stereocenters. The average Bonchev–Trinajstić information content (AvgIpc) is 2.74. The predicted octanol–water partition coefficient (Wildman–Crippen LogP) is 5.07. The minimum atomic E-state index is 0.193. The van der Waals surface area contributed by atoms with Crippen molar-refractivity contribution in [1.82, 2.24) is 4.90 Å². The zero-order valence-electron chi connectivity index (χ0n) is 12.2. The summed E-state index contributed by atoms with van der Waals surface area (Å²) in [4.78, 5) is 2.28. The fourth-order valence-electron chi connectivity index (χ4n) is 2.65. The molecule has 0 radical (unpaired) electrons. The highest BCUT2D eigenvalue weighted by atomic mass is 15.1. The highest BCUT2D eigenvalue weighted by molar-refractivity contribution is 5.35. The highest BCUT2D eigenvalue weighted by Gasteiger charge is 2.18. The third kappa shape index (κ3) is 3.14. The molecule has 104 valence electrons. The monoisotopic (exact) mass is 273 g/mol. The largest absolute Gasteiger partial charge is 0.343 e. The quantitative estimate of drug-likeness (QED) is 0.755. The van der Waals surface area contributed by atoms with Gasteiger partial charge in [0.15, 0.2) is 0 Å². The van der Waals surface area contributed by atoms with Gasteiger partial charge in [0.25, 0.3) is 0 Å². The molecule has 1 nitrogen and oxygen atoms in total. The van der Waals surface area contributed by atoms with Gasteiger partial charge in [0.2, 0.25) is 0 Å². The molecular formula is C20H19N. The first-order valence-corrected chi connectivity index (χ1v) is 7.25. The van der Waals surface area contributed by atoms with E-state index in [9.17, 15) is 0 Å². The van der Waals surface area contributed by atoms with Gasteiger partial charge in [0.05, 0.1) is 6.04 Å². The van der Waals surface area contributed by atoms with Crippen LogP contribution in [-0.4, -0.2) is 4.90 Å². The van der Waals surface area contributed by atoms with Crippen LogP contribution in [0, 0.1) is 0 Å². The first kappa shape index (κ1) is 13.4. The summed E-state index contributed by atoms with van der Waals surface area (Å²) in [5.74, 6) is 0. The molecule has 2 aromatic carbocycles. The Morgan fingerprint density at radius 1 is 0.762 bits per heavy atom. The number of benzene rings is 2. The Morgan fingerprint density at radius 3 is 1.90 bits per heavy atom. The number of allylic oxidation sites excluding steroid dienone is 4. The van der Waals surface area contributed by atoms with E-state index in [-0.39, 0.29) is 6.04 Å². The van der Waals surface area contributed by atoms with Crippen LogP contribution in [-0.2, 0) is 0 Å². The Labute approximate surface area is 126 Å². The van der Waals surface area contributed by atoms with Gasteiger partial charge in [-0.15, -0.1) is 0 Å². The van der Waals surface area contributed by atoms with Gasteiger partial charge in [-0.2, -0.15) is 0 Å². The number of hydrogen-bond acceptors (Lipinski definition) is 1. The van der Waals surface area contributed by atoms with Gasteiger partial charge in [-0.3, -0.25) is 0 Å². The minimum absolute atomic E-state index is 0.193. The molecule has 0 aromatic heterocycles. The van der Waals surface area contributed by atoms with Gasteiger partial charge < -0.3 is 4.90 Å². The number of hydrogen-bond donors (Lipinski definition) is 0. The van der Waals surface area contributed by atoms with Gasteiger partial charge in [-0.25, -0.2) is 0 Å². The Morgan fingerprint density at radius 2 is 1.33 bits per heavy atom. The van der Waals surface area contributed by atoms with Crippen LogP contribution in [0.25, 0.3) is 0 Å². The molecule has 0 saturated heterocycles. The molecule has 0 N–H and O–H groups in total. The topological polar surface area (TPSA) is 3.24 Å². The summed E-state index contributed by atoms with van der Waals surface area (Å²) in [5, 5.41) is 0. The Kier molecular flexibility index (Phi) is 4.02. The lowest BCUT2D eigenvalue weighted by Gasteiger charge is -2.29. The molecular weight excluding hydrogens is 254 g/mol. The molecule has 2 aromatic rings. The lowest BCUT2D eigenvalue weighted by atomic mass is 9.97. The van der Waals surface area contributed by atoms with E-state index in [0.717, 1.165) is 0 Å². The Balaban J connectivity index is 2.07. The van der Waals surface area contributed by atoms with Gasteiger partial charge in [0.1, 0.15) is 0 Å². The summed E-state index contributed by atoms with van der Waals surface area (Å²) in [6, 6.07) is 21.5. The lowest BCUT2D eigenvalue weighted by molar-refractivity contribution is 0.426. The summed E-state index contributed by atoms with van der Waals surface area (Å²) >= 11 is 0. The molecule has 0 aliphatic carbocycles. The standard InChI is InChI=1S/C20H19N/c1-17-10-8-9-15-21(16-17)20(18-11-4-2-5-12-18)19-13-6-3-7-14-19/h2-16,20H,1H3. The fourth-order valence-corrected chi connectivity index (χ4v) is 2.65. The molecule has 3 rings (SSSR count). The van der Waals surface area contributed by atoms with Crippen molar-refractivity contribution in [3.63, 3.8) is 0 Å². The molecule has 0 saturated carbocycles. The Bertz CT molecular complexity index is 626. The smallest absolute Gasteiger partial charge is 0.0833 e. The molecule has 0 bridgehead atoms. The predicted molar refractivity (Wildman–Crippen MR) is 88.6 cm³/mol. The average molecular weight is 273 g/mol. The van der Waals surface area contributed by atoms with Crippen LogP contribution >= 0.6 is 0 Å². The van der Waals surface area contributed by atoms with Crippen LogP contribution in [0.2, 0.25) is 0 Å². The van der Waals surface area contributed by atoms with E-state index in [1.54, 1.807) is 0 Å². The van der Waals surface area contributed by atoms with Crippen LogP contribution in [0.3, 0.4) is 0 Å². The van der Waals surface area contributed by atoms with E-state index in [4.69, 9.17) is 0 Å². The van der Waals surface area contributed by atoms with Crippen LogP contribution in [0.15, 0.2) is 96.9 Å². The normalized spacial score (nSPS) is 14.2. The summed E-state index contributed by atoms with van der Waals surface area (Å²) in [7, 11) is 0. The second-order valence-electron chi connectivity index (χ2n) is 5.24. The van der Waals surface area contributed by atoms with Crippen molar-refractivity contribution in [1.29, 1.82) is 0 Å². The molecule has 0 atom stereocenters. The van der Waals surface area contributed by atoms with E-state index >= 15 is 0 Å². The zero-order chi connectivity index (χ0) is 14.5. The SMILES string of the molecule is CC1=CN(C(c2ccccc2)c2ccccc2)C=CC=C1. The highest BCUT2D eigenvalue weighted by Crippen LogP contribution is 2.30. The molecule has 1 heterocycles. The number of rotatable bonds is 3. The maximum absolute atomic E-state index is 2.28. The molecule has 1 aliphatic heterocycles. The third-order valence-electron chi connectivity index (χ3n) is 3.61. The van der Waals surface area contributed by atoms with E-state index in [1.807, 2.05) is 0 Å². The van der Waals surface area contributed by atoms with E-state index < -0.39 is 0 Å². The summed E-state index contributed by atoms with van der Waals surface area (Å²) < 4.78 is 0. The third-order valence-corrected chi connectivity index (χ3v) is 3.61. The molecule has 1 aliphatic rings. The second-order valence-corrected chi connectivity index (χ2v) is 5.24. The van der Waals surface area contributed by atoms with E-state index in [1.165, 1.54) is 16.7 Å². The van der Waals surface area contributed by atoms with Crippen molar-refractivity contribution < 1.29 is 0 Å². The lowest BCUT2D eigenvalue weighted by Crippen LogP contribution is -2.19. The first-order valence-electron chi connectivity index (χ1n) is 7.25. The van der Waals surface area contributed by atoms with Crippen LogP contribution < -0.4 is 0 Å².